The molecule has 0 aliphatic carbocycles. The summed E-state index contributed by atoms with van der Waals surface area (Å²) < 4.78 is 3.01. The van der Waals surface area contributed by atoms with Crippen molar-refractivity contribution in [2.75, 3.05) is 0 Å². The molecule has 0 saturated heterocycles. The summed E-state index contributed by atoms with van der Waals surface area (Å²) in [5.74, 6) is 0. The zero-order valence-corrected chi connectivity index (χ0v) is 12.0. The van der Waals surface area contributed by atoms with Crippen molar-refractivity contribution in [3.8, 4) is 0 Å². The summed E-state index contributed by atoms with van der Waals surface area (Å²) >= 11 is 0. The van der Waals surface area contributed by atoms with Crippen LogP contribution in [0.5, 0.6) is 0 Å². The van der Waals surface area contributed by atoms with Crippen molar-refractivity contribution < 1.29 is 92.0 Å². The summed E-state index contributed by atoms with van der Waals surface area (Å²) in [4.78, 5) is 50.5. The fourth-order valence-electron chi connectivity index (χ4n) is 0.173. The third kappa shape index (κ3) is 18.8. The molecule has 0 rings (SSSR count). The predicted octanol–water partition coefficient (Wildman–Crippen LogP) is -11.4. The first-order valence-corrected chi connectivity index (χ1v) is 5.13. The first kappa shape index (κ1) is 18.8. The second kappa shape index (κ2) is 6.58. The Morgan fingerprint density at radius 2 is 1.18 bits per heavy atom. The molecule has 0 unspecified atom stereocenters. The monoisotopic (exact) mass is 218 g/mol. The first-order chi connectivity index (χ1) is 3.71. The molecule has 0 aromatic rings. The molecule has 56 valence electrons. The minimum absolute atomic E-state index is 0. The van der Waals surface area contributed by atoms with Gasteiger partial charge in [0.15, 0.2) is 0 Å². The van der Waals surface area contributed by atoms with E-state index in [0.29, 0.717) is 0 Å². The van der Waals surface area contributed by atoms with Crippen LogP contribution in [-0.4, -0.2) is 37.3 Å². The first-order valence-electron chi connectivity index (χ1n) is 1.71. The van der Waals surface area contributed by atoms with Crippen molar-refractivity contribution in [1.82, 2.24) is 0 Å². The average Bonchev–Trinajstić information content (AvgIpc) is 1.14. The smallest absolute Gasteiger partial charge is 0.829 e. The molecule has 0 spiro atoms. The van der Waals surface area contributed by atoms with Crippen LogP contribution < -0.4 is 68.7 Å². The Morgan fingerprint density at radius 1 is 0.909 bits per heavy atom. The van der Waals surface area contributed by atoms with E-state index in [9.17, 15) is 9.59 Å². The largest absolute Gasteiger partial charge is 1.00 e. The van der Waals surface area contributed by atoms with Gasteiger partial charge in [-0.1, -0.05) is 0 Å². The molecule has 11 heteroatoms. The summed E-state index contributed by atoms with van der Waals surface area (Å²) in [5.41, 5.74) is 0. The van der Waals surface area contributed by atoms with Gasteiger partial charge in [0.25, 0.3) is 0 Å². The van der Waals surface area contributed by atoms with E-state index in [0.717, 1.165) is 0 Å². The Morgan fingerprint density at radius 3 is 1.18 bits per heavy atom. The van der Waals surface area contributed by atoms with Gasteiger partial charge in [-0.05, 0) is 0 Å². The molecule has 0 amide bonds. The third-order valence-corrected chi connectivity index (χ3v) is 2.39. The van der Waals surface area contributed by atoms with Gasteiger partial charge in [0.05, 0.1) is 0 Å². The summed E-state index contributed by atoms with van der Waals surface area (Å²) in [6.07, 6.45) is 0. The summed E-state index contributed by atoms with van der Waals surface area (Å²) in [5, 5.41) is 0. The molecule has 4 N–H and O–H groups in total. The van der Waals surface area contributed by atoms with Crippen molar-refractivity contribution >= 4 is 18.1 Å². The zero-order chi connectivity index (χ0) is 7.71. The van der Waals surface area contributed by atoms with Crippen molar-refractivity contribution in [2.45, 2.75) is 0 Å². The third-order valence-electron chi connectivity index (χ3n) is 0.266. The molecule has 0 aromatic carbocycles. The van der Waals surface area contributed by atoms with Crippen LogP contribution in [0.25, 0.3) is 0 Å². The molecule has 0 bridgehead atoms. The minimum atomic E-state index is -5.48. The van der Waals surface area contributed by atoms with E-state index in [4.69, 9.17) is 19.2 Å². The van der Waals surface area contributed by atoms with E-state index in [1.54, 1.807) is 0 Å². The molecule has 0 saturated carbocycles. The molecule has 0 radical (unpaired) electrons. The Balaban J connectivity index is -0.000000320. The van der Waals surface area contributed by atoms with Crippen molar-refractivity contribution in [1.29, 1.82) is 0 Å². The number of hydrogen-bond donors (Lipinski definition) is 4. The van der Waals surface area contributed by atoms with E-state index < -0.39 is 18.1 Å². The van der Waals surface area contributed by atoms with Crippen LogP contribution in [0, 0.1) is 0 Å². The van der Waals surface area contributed by atoms with E-state index in [1.165, 1.54) is 0 Å². The van der Waals surface area contributed by atoms with Gasteiger partial charge in [0.1, 0.15) is 9.05 Å². The second-order valence-electron chi connectivity index (χ2n) is 1.20. The maximum Gasteiger partial charge on any atom is 1.00 e. The van der Waals surface area contributed by atoms with Gasteiger partial charge in [0.2, 0.25) is 0 Å². The van der Waals surface area contributed by atoms with Crippen molar-refractivity contribution in [2.24, 2.45) is 0 Å². The van der Waals surface area contributed by atoms with Crippen LogP contribution in [0.15, 0.2) is 0 Å². The molecular weight excluding hydrogens is 214 g/mol. The fourth-order valence-corrected chi connectivity index (χ4v) is 1.56. The van der Waals surface area contributed by atoms with E-state index in [-0.39, 0.29) is 59.1 Å². The summed E-state index contributed by atoms with van der Waals surface area (Å²) in [6, 6.07) is 0. The molecule has 7 nitrogen and oxygen atoms in total. The van der Waals surface area contributed by atoms with Gasteiger partial charge in [0, 0.05) is 0 Å². The van der Waals surface area contributed by atoms with Crippen LogP contribution in [0.4, 0.5) is 0 Å². The Bertz CT molecular complexity index is 79.6. The maximum atomic E-state index is 9.59. The zero-order valence-electron chi connectivity index (χ0n) is 6.01. The molecule has 0 fully saturated rings. The normalized spacial score (nSPS) is 11.5. The summed E-state index contributed by atoms with van der Waals surface area (Å²) in [6.45, 7) is 0. The number of rotatable bonds is 2. The van der Waals surface area contributed by atoms with E-state index >= 15 is 0 Å². The van der Waals surface area contributed by atoms with Gasteiger partial charge in [-0.25, -0.2) is 0 Å². The van der Waals surface area contributed by atoms with Gasteiger partial charge < -0.3 is 32.9 Å². The maximum absolute atomic E-state index is 9.59. The summed E-state index contributed by atoms with van der Waals surface area (Å²) in [7, 11) is -10.6. The average molecular weight is 218 g/mol. The van der Waals surface area contributed by atoms with Crippen LogP contribution in [0.2, 0.25) is 0 Å². The topological polar surface area (TPSA) is 136 Å². The molecule has 11 heavy (non-hydrogen) atoms. The van der Waals surface area contributed by atoms with Crippen LogP contribution >= 0.6 is 0 Å². The quantitative estimate of drug-likeness (QED) is 0.338. The number of hydrogen-bond acceptors (Lipinski definition) is 7. The van der Waals surface area contributed by atoms with Crippen LogP contribution in [0.1, 0.15) is 0 Å². The molecule has 0 atom stereocenters. The van der Waals surface area contributed by atoms with Crippen LogP contribution in [-0.2, 0) is 4.12 Å². The SMILES string of the molecule is [Na+].[Na+].[O-][Si]([O-])(O)O[Si](O)(O)O. The Hall–Kier alpha value is 2.15. The second-order valence-corrected chi connectivity index (χ2v) is 4.21. The molecule has 0 aliphatic heterocycles. The van der Waals surface area contributed by atoms with Crippen LogP contribution in [0.3, 0.4) is 0 Å². The van der Waals surface area contributed by atoms with E-state index in [2.05, 4.69) is 4.12 Å². The van der Waals surface area contributed by atoms with Gasteiger partial charge >= 0.3 is 68.2 Å². The van der Waals surface area contributed by atoms with Gasteiger partial charge in [-0.2, -0.15) is 0 Å². The van der Waals surface area contributed by atoms with Gasteiger partial charge in [-0.3, -0.25) is 0 Å². The standard InChI is InChI=1S/2Na.H4O7Si2/c;;1-8(2,3)7-9(4,5)6/h;;1-4H/q2*+1;-2. The fraction of sp³-hybridized carbons (Fsp3) is 0. The van der Waals surface area contributed by atoms with Crippen molar-refractivity contribution in [3.63, 3.8) is 0 Å². The molecular formula is H4Na2O7Si2. The Kier molecular flexibility index (Phi) is 11.3. The van der Waals surface area contributed by atoms with Crippen molar-refractivity contribution in [3.05, 3.63) is 0 Å². The Labute approximate surface area is 109 Å². The molecule has 0 aliphatic rings. The van der Waals surface area contributed by atoms with Gasteiger partial charge in [-0.15, -0.1) is 0 Å². The molecule has 0 heterocycles. The minimum Gasteiger partial charge on any atom is -0.829 e. The van der Waals surface area contributed by atoms with E-state index in [1.807, 2.05) is 0 Å². The predicted molar refractivity (Wildman–Crippen MR) is 21.5 cm³/mol. The molecule has 0 aromatic heterocycles.